The first-order chi connectivity index (χ1) is 15.5. The van der Waals surface area contributed by atoms with Gasteiger partial charge in [0.1, 0.15) is 11.0 Å². The van der Waals surface area contributed by atoms with Crippen LogP contribution in [0.25, 0.3) is 11.3 Å². The minimum atomic E-state index is -0.638. The summed E-state index contributed by atoms with van der Waals surface area (Å²) in [6, 6.07) is 14.3. The van der Waals surface area contributed by atoms with Crippen LogP contribution in [0, 0.1) is 0 Å². The highest BCUT2D eigenvalue weighted by Gasteiger charge is 2.22. The third kappa shape index (κ3) is 8.29. The Morgan fingerprint density at radius 1 is 1.12 bits per heavy atom. The van der Waals surface area contributed by atoms with Gasteiger partial charge in [0.2, 0.25) is 5.91 Å². The van der Waals surface area contributed by atoms with Crippen LogP contribution < -0.4 is 10.6 Å². The molecule has 184 valence electrons. The fourth-order valence-corrected chi connectivity index (χ4v) is 3.37. The maximum absolute atomic E-state index is 13.2. The molecule has 3 rings (SSSR count). The molecule has 3 aromatic rings. The van der Waals surface area contributed by atoms with Crippen molar-refractivity contribution >= 4 is 54.1 Å². The summed E-state index contributed by atoms with van der Waals surface area (Å²) < 4.78 is 6.68. The van der Waals surface area contributed by atoms with E-state index >= 15 is 0 Å². The van der Waals surface area contributed by atoms with Crippen molar-refractivity contribution < 1.29 is 14.3 Å². The molecule has 2 heterocycles. The van der Waals surface area contributed by atoms with Gasteiger partial charge in [-0.3, -0.25) is 14.9 Å². The first-order valence-corrected chi connectivity index (χ1v) is 10.8. The number of aryl methyl sites for hydroxylation is 1. The van der Waals surface area contributed by atoms with Gasteiger partial charge in [-0.15, -0.1) is 24.8 Å². The summed E-state index contributed by atoms with van der Waals surface area (Å²) in [5, 5.41) is 10.9. The molecule has 11 heteroatoms. The number of carbonyl (C=O) groups excluding carboxylic acids is 2. The molecule has 1 atom stereocenters. The molecule has 0 bridgehead atoms. The van der Waals surface area contributed by atoms with Crippen LogP contribution in [0.3, 0.4) is 0 Å². The van der Waals surface area contributed by atoms with Crippen molar-refractivity contribution in [2.75, 3.05) is 18.5 Å². The van der Waals surface area contributed by atoms with Crippen LogP contribution in [0.5, 0.6) is 0 Å². The summed E-state index contributed by atoms with van der Waals surface area (Å²) in [6.45, 7) is 4.46. The molecule has 0 aliphatic rings. The number of ether oxygens (including phenoxy) is 1. The van der Waals surface area contributed by atoms with Crippen LogP contribution >= 0.6 is 36.4 Å². The van der Waals surface area contributed by atoms with E-state index in [1.807, 2.05) is 37.3 Å². The van der Waals surface area contributed by atoms with Gasteiger partial charge in [-0.2, -0.15) is 5.10 Å². The Labute approximate surface area is 216 Å². The maximum Gasteiger partial charge on any atom is 0.319 e. The molecule has 1 aromatic carbocycles. The molecule has 0 spiro atoms. The van der Waals surface area contributed by atoms with Crippen LogP contribution in [-0.4, -0.2) is 45.8 Å². The van der Waals surface area contributed by atoms with Gasteiger partial charge in [0.15, 0.2) is 0 Å². The van der Waals surface area contributed by atoms with Gasteiger partial charge in [0, 0.05) is 24.4 Å². The summed E-state index contributed by atoms with van der Waals surface area (Å²) in [6.07, 6.45) is 2.02. The zero-order valence-corrected chi connectivity index (χ0v) is 21.3. The Bertz CT molecular complexity index is 1060. The molecule has 0 aliphatic heterocycles. The van der Waals surface area contributed by atoms with E-state index < -0.39 is 12.0 Å². The summed E-state index contributed by atoms with van der Waals surface area (Å²) >= 11 is 6.00. The van der Waals surface area contributed by atoms with Crippen molar-refractivity contribution in [2.24, 2.45) is 0 Å². The first-order valence-electron chi connectivity index (χ1n) is 10.4. The number of hydrogen-bond donors (Lipinski definition) is 2. The zero-order valence-electron chi connectivity index (χ0n) is 18.9. The normalized spacial score (nSPS) is 11.0. The smallest absolute Gasteiger partial charge is 0.319 e. The molecule has 1 amide bonds. The van der Waals surface area contributed by atoms with E-state index in [0.29, 0.717) is 29.6 Å². The number of rotatable bonds is 10. The number of pyridine rings is 1. The van der Waals surface area contributed by atoms with Gasteiger partial charge in [-0.25, -0.2) is 9.67 Å². The van der Waals surface area contributed by atoms with Gasteiger partial charge in [0.25, 0.3) is 0 Å². The largest absolute Gasteiger partial charge is 0.465 e. The van der Waals surface area contributed by atoms with Crippen molar-refractivity contribution in [1.29, 1.82) is 0 Å². The average molecular weight is 529 g/mol. The van der Waals surface area contributed by atoms with Crippen molar-refractivity contribution in [1.82, 2.24) is 20.1 Å². The number of benzene rings is 1. The van der Waals surface area contributed by atoms with Crippen molar-refractivity contribution in [2.45, 2.75) is 32.9 Å². The number of nitrogens with one attached hydrogen (secondary N) is 2. The SMILES string of the molecule is CCOC(=O)CNC(Cc1ccccc1)C(=O)Nc1cc(-c2ccnc(Cl)c2)nn1CC.Cl.Cl. The molecule has 0 fully saturated rings. The topological polar surface area (TPSA) is 98.1 Å². The molecule has 0 saturated heterocycles. The molecule has 34 heavy (non-hydrogen) atoms. The Kier molecular flexibility index (Phi) is 12.6. The number of hydrogen-bond acceptors (Lipinski definition) is 6. The molecular formula is C23H28Cl3N5O3. The third-order valence-corrected chi connectivity index (χ3v) is 4.96. The lowest BCUT2D eigenvalue weighted by Crippen LogP contribution is -2.45. The predicted octanol–water partition coefficient (Wildman–Crippen LogP) is 4.16. The van der Waals surface area contributed by atoms with Gasteiger partial charge < -0.3 is 10.1 Å². The lowest BCUT2D eigenvalue weighted by Gasteiger charge is -2.18. The zero-order chi connectivity index (χ0) is 22.9. The number of halogens is 3. The average Bonchev–Trinajstić information content (AvgIpc) is 3.20. The van der Waals surface area contributed by atoms with Crippen LogP contribution in [0.1, 0.15) is 19.4 Å². The monoisotopic (exact) mass is 527 g/mol. The lowest BCUT2D eigenvalue weighted by molar-refractivity contribution is -0.142. The fourth-order valence-electron chi connectivity index (χ4n) is 3.20. The Morgan fingerprint density at radius 3 is 2.50 bits per heavy atom. The minimum absolute atomic E-state index is 0. The highest BCUT2D eigenvalue weighted by Crippen LogP contribution is 2.23. The summed E-state index contributed by atoms with van der Waals surface area (Å²) in [7, 11) is 0. The van der Waals surface area contributed by atoms with Gasteiger partial charge in [0.05, 0.1) is 24.9 Å². The van der Waals surface area contributed by atoms with Gasteiger partial charge >= 0.3 is 5.97 Å². The number of amides is 1. The molecular weight excluding hydrogens is 501 g/mol. The number of esters is 1. The van der Waals surface area contributed by atoms with E-state index in [0.717, 1.165) is 11.1 Å². The summed E-state index contributed by atoms with van der Waals surface area (Å²) in [5.74, 6) is -0.127. The van der Waals surface area contributed by atoms with Crippen LogP contribution in [-0.2, 0) is 27.3 Å². The molecule has 0 radical (unpaired) electrons. The summed E-state index contributed by atoms with van der Waals surface area (Å²) in [5.41, 5.74) is 2.44. The van der Waals surface area contributed by atoms with E-state index in [9.17, 15) is 9.59 Å². The number of nitrogens with zero attached hydrogens (tertiary/aromatic N) is 3. The fraction of sp³-hybridized carbons (Fsp3) is 0.304. The van der Waals surface area contributed by atoms with Crippen molar-refractivity contribution in [3.05, 3.63) is 65.4 Å². The number of anilines is 1. The molecule has 0 saturated carbocycles. The number of aromatic nitrogens is 3. The van der Waals surface area contributed by atoms with Gasteiger partial charge in [-0.1, -0.05) is 41.9 Å². The lowest BCUT2D eigenvalue weighted by atomic mass is 10.1. The van der Waals surface area contributed by atoms with E-state index in [1.54, 1.807) is 36.0 Å². The first kappa shape index (κ1) is 29.4. The predicted molar refractivity (Wildman–Crippen MR) is 138 cm³/mol. The Morgan fingerprint density at radius 2 is 1.85 bits per heavy atom. The van der Waals surface area contributed by atoms with E-state index in [4.69, 9.17) is 16.3 Å². The molecule has 1 unspecified atom stereocenters. The third-order valence-electron chi connectivity index (χ3n) is 4.75. The number of carbonyl (C=O) groups is 2. The molecule has 2 N–H and O–H groups in total. The quantitative estimate of drug-likeness (QED) is 0.303. The van der Waals surface area contributed by atoms with Crippen molar-refractivity contribution in [3.63, 3.8) is 0 Å². The van der Waals surface area contributed by atoms with E-state index in [1.165, 1.54) is 0 Å². The van der Waals surface area contributed by atoms with Crippen LogP contribution in [0.15, 0.2) is 54.7 Å². The van der Waals surface area contributed by atoms with E-state index in [2.05, 4.69) is 20.7 Å². The molecule has 0 aliphatic carbocycles. The van der Waals surface area contributed by atoms with Crippen molar-refractivity contribution in [3.8, 4) is 11.3 Å². The second-order valence-electron chi connectivity index (χ2n) is 7.02. The van der Waals surface area contributed by atoms with Crippen LogP contribution in [0.2, 0.25) is 5.15 Å². The highest BCUT2D eigenvalue weighted by atomic mass is 35.5. The second kappa shape index (κ2) is 14.6. The van der Waals surface area contributed by atoms with Gasteiger partial charge in [-0.05, 0) is 38.0 Å². The van der Waals surface area contributed by atoms with E-state index in [-0.39, 0.29) is 43.9 Å². The summed E-state index contributed by atoms with van der Waals surface area (Å²) in [4.78, 5) is 29.0. The second-order valence-corrected chi connectivity index (χ2v) is 7.40. The molecule has 8 nitrogen and oxygen atoms in total. The highest BCUT2D eigenvalue weighted by molar-refractivity contribution is 6.29. The maximum atomic E-state index is 13.2. The minimum Gasteiger partial charge on any atom is -0.465 e. The molecule has 2 aromatic heterocycles. The standard InChI is InChI=1S/C23H26ClN5O3.2ClH/c1-3-29-21(14-18(28-29)17-10-11-25-20(24)13-17)27-23(31)19(26-15-22(30)32-4-2)12-16-8-6-5-7-9-16;;/h5-11,13-14,19,26H,3-4,12,15H2,1-2H3,(H,27,31);2*1H. The Balaban J connectivity index is 0.00000289. The van der Waals surface area contributed by atoms with Crippen LogP contribution in [0.4, 0.5) is 5.82 Å². The Hall–Kier alpha value is -2.65.